The summed E-state index contributed by atoms with van der Waals surface area (Å²) in [5.74, 6) is -0.118. The normalized spacial score (nSPS) is 15.3. The number of cyclic esters (lactones) is 1. The number of esters is 3. The van der Waals surface area contributed by atoms with Crippen LogP contribution in [0, 0.1) is 0 Å². The van der Waals surface area contributed by atoms with Crippen molar-refractivity contribution >= 4 is 24.0 Å². The Bertz CT molecular complexity index is 1020. The molecule has 178 valence electrons. The second kappa shape index (κ2) is 12.4. The first-order chi connectivity index (χ1) is 16.4. The third-order valence-corrected chi connectivity index (χ3v) is 5.10. The fraction of sp³-hybridized carbons (Fsp3) is 0.296. The number of unbranched alkanes of at least 4 members (excludes halogenated alkanes) is 1. The van der Waals surface area contributed by atoms with Crippen LogP contribution in [0.15, 0.2) is 66.8 Å². The molecule has 0 aromatic heterocycles. The number of carbonyl (C=O) groups excluding carboxylic acids is 3. The first-order valence-corrected chi connectivity index (χ1v) is 11.2. The van der Waals surface area contributed by atoms with Crippen LogP contribution in [0.2, 0.25) is 0 Å². The van der Waals surface area contributed by atoms with Gasteiger partial charge in [-0.05, 0) is 74.2 Å². The number of ether oxygens (including phenoxy) is 4. The Hall–Kier alpha value is -3.87. The maximum absolute atomic E-state index is 12.4. The number of carbonyl (C=O) groups is 3. The highest BCUT2D eigenvalue weighted by atomic mass is 16.6. The van der Waals surface area contributed by atoms with Crippen molar-refractivity contribution in [1.29, 1.82) is 0 Å². The monoisotopic (exact) mass is 464 g/mol. The summed E-state index contributed by atoms with van der Waals surface area (Å²) in [5.41, 5.74) is 1.73. The Labute approximate surface area is 199 Å². The molecule has 0 radical (unpaired) electrons. The van der Waals surface area contributed by atoms with Crippen molar-refractivity contribution in [2.75, 3.05) is 13.2 Å². The van der Waals surface area contributed by atoms with Crippen LogP contribution < -0.4 is 9.47 Å². The smallest absolute Gasteiger partial charge is 0.343 e. The summed E-state index contributed by atoms with van der Waals surface area (Å²) in [6, 6.07) is 13.5. The second-order valence-corrected chi connectivity index (χ2v) is 7.75. The average molecular weight is 465 g/mol. The predicted molar refractivity (Wildman–Crippen MR) is 126 cm³/mol. The van der Waals surface area contributed by atoms with E-state index in [1.54, 1.807) is 61.5 Å². The third kappa shape index (κ3) is 7.62. The molecule has 3 rings (SSSR count). The van der Waals surface area contributed by atoms with E-state index < -0.39 is 11.9 Å². The molecule has 7 heteroatoms. The highest BCUT2D eigenvalue weighted by Gasteiger charge is 2.26. The standard InChI is InChI=1S/C27H28O7/c1-3-31-25(28)16-9-20-7-12-23(13-8-20)33-27(30)21-10-14-22(15-11-21)32-17-5-4-6-24-18-19(2)26(29)34-24/h7-16,24H,2-6,17-18H2,1H3/b16-9+. The fourth-order valence-corrected chi connectivity index (χ4v) is 3.31. The lowest BCUT2D eigenvalue weighted by Gasteiger charge is -2.10. The molecule has 34 heavy (non-hydrogen) atoms. The lowest BCUT2D eigenvalue weighted by atomic mass is 10.1. The van der Waals surface area contributed by atoms with E-state index in [0.717, 1.165) is 24.8 Å². The molecular weight excluding hydrogens is 436 g/mol. The molecule has 1 fully saturated rings. The maximum Gasteiger partial charge on any atom is 0.343 e. The molecule has 0 saturated carbocycles. The minimum Gasteiger partial charge on any atom is -0.494 e. The van der Waals surface area contributed by atoms with Crippen molar-refractivity contribution in [2.45, 2.75) is 38.7 Å². The maximum atomic E-state index is 12.4. The first kappa shape index (κ1) is 24.8. The topological polar surface area (TPSA) is 88.1 Å². The summed E-state index contributed by atoms with van der Waals surface area (Å²) in [6.07, 6.45) is 6.01. The van der Waals surface area contributed by atoms with Gasteiger partial charge in [-0.1, -0.05) is 18.7 Å². The molecule has 2 aromatic carbocycles. The van der Waals surface area contributed by atoms with Crippen LogP contribution in [-0.2, 0) is 19.1 Å². The molecule has 0 bridgehead atoms. The summed E-state index contributed by atoms with van der Waals surface area (Å²) in [7, 11) is 0. The van der Waals surface area contributed by atoms with E-state index >= 15 is 0 Å². The zero-order valence-electron chi connectivity index (χ0n) is 19.2. The number of rotatable bonds is 11. The molecular formula is C27H28O7. The van der Waals surface area contributed by atoms with Gasteiger partial charge in [0.25, 0.3) is 0 Å². The van der Waals surface area contributed by atoms with Gasteiger partial charge in [-0.15, -0.1) is 0 Å². The number of hydrogen-bond donors (Lipinski definition) is 0. The van der Waals surface area contributed by atoms with Crippen LogP contribution in [-0.4, -0.2) is 37.2 Å². The van der Waals surface area contributed by atoms with Gasteiger partial charge in [0.1, 0.15) is 17.6 Å². The molecule has 1 atom stereocenters. The van der Waals surface area contributed by atoms with Gasteiger partial charge < -0.3 is 18.9 Å². The Morgan fingerprint density at radius 3 is 2.41 bits per heavy atom. The van der Waals surface area contributed by atoms with Gasteiger partial charge >= 0.3 is 17.9 Å². The van der Waals surface area contributed by atoms with Crippen LogP contribution in [0.5, 0.6) is 11.5 Å². The molecule has 0 amide bonds. The molecule has 1 unspecified atom stereocenters. The van der Waals surface area contributed by atoms with Gasteiger partial charge in [-0.3, -0.25) is 0 Å². The third-order valence-electron chi connectivity index (χ3n) is 5.10. The summed E-state index contributed by atoms with van der Waals surface area (Å²) in [5, 5.41) is 0. The van der Waals surface area contributed by atoms with Crippen LogP contribution in [0.1, 0.15) is 48.5 Å². The molecule has 7 nitrogen and oxygen atoms in total. The quantitative estimate of drug-likeness (QED) is 0.202. The van der Waals surface area contributed by atoms with Gasteiger partial charge in [0.15, 0.2) is 0 Å². The van der Waals surface area contributed by atoms with Crippen LogP contribution in [0.3, 0.4) is 0 Å². The lowest BCUT2D eigenvalue weighted by Crippen LogP contribution is -2.08. The highest BCUT2D eigenvalue weighted by Crippen LogP contribution is 2.23. The van der Waals surface area contributed by atoms with E-state index in [4.69, 9.17) is 18.9 Å². The van der Waals surface area contributed by atoms with Crippen molar-refractivity contribution < 1.29 is 33.3 Å². The Morgan fingerprint density at radius 1 is 1.06 bits per heavy atom. The van der Waals surface area contributed by atoms with E-state index in [2.05, 4.69) is 6.58 Å². The Morgan fingerprint density at radius 2 is 1.76 bits per heavy atom. The molecule has 0 aliphatic carbocycles. The van der Waals surface area contributed by atoms with Crippen molar-refractivity contribution in [1.82, 2.24) is 0 Å². The SMILES string of the molecule is C=C1CC(CCCCOc2ccc(C(=O)Oc3ccc(/C=C/C(=O)OCC)cc3)cc2)OC1=O. The highest BCUT2D eigenvalue weighted by molar-refractivity contribution is 5.91. The van der Waals surface area contributed by atoms with Gasteiger partial charge in [0.2, 0.25) is 0 Å². The Kier molecular flexibility index (Phi) is 9.03. The van der Waals surface area contributed by atoms with Crippen molar-refractivity contribution in [3.63, 3.8) is 0 Å². The molecule has 0 spiro atoms. The molecule has 1 heterocycles. The lowest BCUT2D eigenvalue weighted by molar-refractivity contribution is -0.139. The predicted octanol–water partition coefficient (Wildman–Crippen LogP) is 4.90. The second-order valence-electron chi connectivity index (χ2n) is 7.75. The minimum atomic E-state index is -0.478. The van der Waals surface area contributed by atoms with E-state index in [0.29, 0.717) is 42.3 Å². The minimum absolute atomic E-state index is 0.0671. The van der Waals surface area contributed by atoms with Crippen molar-refractivity contribution in [2.24, 2.45) is 0 Å². The zero-order chi connectivity index (χ0) is 24.3. The van der Waals surface area contributed by atoms with Gasteiger partial charge in [0.05, 0.1) is 18.8 Å². The van der Waals surface area contributed by atoms with E-state index in [9.17, 15) is 14.4 Å². The summed E-state index contributed by atoms with van der Waals surface area (Å²) in [6.45, 7) is 6.28. The molecule has 2 aromatic rings. The van der Waals surface area contributed by atoms with Gasteiger partial charge in [-0.2, -0.15) is 0 Å². The number of hydrogen-bond acceptors (Lipinski definition) is 7. The summed E-state index contributed by atoms with van der Waals surface area (Å²) < 4.78 is 21.2. The van der Waals surface area contributed by atoms with Crippen molar-refractivity contribution in [3.05, 3.63) is 77.9 Å². The first-order valence-electron chi connectivity index (χ1n) is 11.2. The van der Waals surface area contributed by atoms with E-state index in [-0.39, 0.29) is 12.1 Å². The van der Waals surface area contributed by atoms with E-state index in [1.807, 2.05) is 0 Å². The molecule has 1 aliphatic rings. The zero-order valence-corrected chi connectivity index (χ0v) is 19.2. The van der Waals surface area contributed by atoms with Gasteiger partial charge in [-0.25, -0.2) is 14.4 Å². The molecule has 0 N–H and O–H groups in total. The number of benzene rings is 2. The molecule has 1 aliphatic heterocycles. The van der Waals surface area contributed by atoms with Crippen LogP contribution >= 0.6 is 0 Å². The fourth-order valence-electron chi connectivity index (χ4n) is 3.31. The molecule has 1 saturated heterocycles. The van der Waals surface area contributed by atoms with Crippen molar-refractivity contribution in [3.8, 4) is 11.5 Å². The average Bonchev–Trinajstić information content (AvgIpc) is 3.16. The van der Waals surface area contributed by atoms with Gasteiger partial charge in [0, 0.05) is 18.1 Å². The van der Waals surface area contributed by atoms with Crippen LogP contribution in [0.25, 0.3) is 6.08 Å². The summed E-state index contributed by atoms with van der Waals surface area (Å²) in [4.78, 5) is 35.1. The summed E-state index contributed by atoms with van der Waals surface area (Å²) >= 11 is 0. The van der Waals surface area contributed by atoms with E-state index in [1.165, 1.54) is 6.08 Å². The van der Waals surface area contributed by atoms with Crippen LogP contribution in [0.4, 0.5) is 0 Å². The largest absolute Gasteiger partial charge is 0.494 e. The Balaban J connectivity index is 1.39.